The van der Waals surface area contributed by atoms with E-state index < -0.39 is 0 Å². The first-order valence-electron chi connectivity index (χ1n) is 7.73. The van der Waals surface area contributed by atoms with Gasteiger partial charge in [-0.3, -0.25) is 9.58 Å². The molecule has 2 aliphatic rings. The van der Waals surface area contributed by atoms with Gasteiger partial charge in [-0.2, -0.15) is 10.1 Å². The van der Waals surface area contributed by atoms with Crippen LogP contribution in [0.2, 0.25) is 0 Å². The molecule has 0 N–H and O–H groups in total. The molecule has 0 aromatic carbocycles. The van der Waals surface area contributed by atoms with Crippen molar-refractivity contribution >= 4 is 0 Å². The second-order valence-corrected chi connectivity index (χ2v) is 6.09. The Bertz CT molecular complexity index is 590. The molecule has 0 unspecified atom stereocenters. The molecule has 0 amide bonds. The fourth-order valence-electron chi connectivity index (χ4n) is 3.17. The molecular formula is C14H20N6O. The van der Waals surface area contributed by atoms with Gasteiger partial charge in [0.2, 0.25) is 5.89 Å². The van der Waals surface area contributed by atoms with Crippen LogP contribution in [-0.4, -0.2) is 42.4 Å². The van der Waals surface area contributed by atoms with E-state index in [-0.39, 0.29) is 6.04 Å². The van der Waals surface area contributed by atoms with E-state index in [4.69, 9.17) is 4.52 Å². The van der Waals surface area contributed by atoms with Gasteiger partial charge in [-0.25, -0.2) is 4.98 Å². The smallest absolute Gasteiger partial charge is 0.243 e. The quantitative estimate of drug-likeness (QED) is 0.834. The molecule has 1 aliphatic heterocycles. The highest BCUT2D eigenvalue weighted by atomic mass is 16.5. The molecule has 0 bridgehead atoms. The normalized spacial score (nSPS) is 24.5. The van der Waals surface area contributed by atoms with Crippen LogP contribution in [0.15, 0.2) is 17.2 Å². The Labute approximate surface area is 123 Å². The van der Waals surface area contributed by atoms with Crippen LogP contribution < -0.4 is 0 Å². The number of aromatic nitrogens is 5. The maximum Gasteiger partial charge on any atom is 0.243 e. The number of rotatable bonds is 5. The van der Waals surface area contributed by atoms with Crippen LogP contribution in [0.1, 0.15) is 56.3 Å². The number of hydrogen-bond donors (Lipinski definition) is 0. The first-order valence-corrected chi connectivity index (χ1v) is 7.73. The van der Waals surface area contributed by atoms with Crippen molar-refractivity contribution < 1.29 is 4.52 Å². The van der Waals surface area contributed by atoms with Gasteiger partial charge in [-0.15, -0.1) is 0 Å². The molecule has 2 aromatic heterocycles. The first kappa shape index (κ1) is 12.9. The van der Waals surface area contributed by atoms with Crippen molar-refractivity contribution in [1.82, 2.24) is 29.8 Å². The lowest BCUT2D eigenvalue weighted by molar-refractivity contribution is 0.144. The molecule has 21 heavy (non-hydrogen) atoms. The minimum atomic E-state index is 0.168. The third-order valence-corrected chi connectivity index (χ3v) is 4.54. The predicted octanol–water partition coefficient (Wildman–Crippen LogP) is 1.76. The Morgan fingerprint density at radius 2 is 2.29 bits per heavy atom. The molecule has 2 fully saturated rings. The molecule has 0 radical (unpaired) electrons. The van der Waals surface area contributed by atoms with Crippen LogP contribution in [0.5, 0.6) is 0 Å². The van der Waals surface area contributed by atoms with E-state index in [1.54, 1.807) is 12.7 Å². The van der Waals surface area contributed by atoms with Gasteiger partial charge in [0.1, 0.15) is 12.7 Å². The Hall–Kier alpha value is -1.76. The zero-order valence-corrected chi connectivity index (χ0v) is 12.2. The summed E-state index contributed by atoms with van der Waals surface area (Å²) in [5, 5.41) is 8.34. The van der Waals surface area contributed by atoms with Gasteiger partial charge < -0.3 is 4.52 Å². The summed E-state index contributed by atoms with van der Waals surface area (Å²) in [5.41, 5.74) is 0. The topological polar surface area (TPSA) is 72.9 Å². The van der Waals surface area contributed by atoms with Crippen molar-refractivity contribution in [2.75, 3.05) is 6.54 Å². The van der Waals surface area contributed by atoms with Gasteiger partial charge in [0.05, 0.1) is 12.6 Å². The fourth-order valence-corrected chi connectivity index (χ4v) is 3.17. The molecule has 1 saturated heterocycles. The Kier molecular flexibility index (Phi) is 3.21. The second-order valence-electron chi connectivity index (χ2n) is 6.09. The monoisotopic (exact) mass is 288 g/mol. The molecule has 3 heterocycles. The minimum absolute atomic E-state index is 0.168. The minimum Gasteiger partial charge on any atom is -0.338 e. The van der Waals surface area contributed by atoms with Crippen LogP contribution in [0, 0.1) is 0 Å². The zero-order valence-electron chi connectivity index (χ0n) is 12.2. The number of likely N-dealkylation sites (tertiary alicyclic amines) is 1. The lowest BCUT2D eigenvalue weighted by Crippen LogP contribution is -2.35. The largest absolute Gasteiger partial charge is 0.338 e. The highest BCUT2D eigenvalue weighted by Crippen LogP contribution is 2.39. The van der Waals surface area contributed by atoms with Crippen LogP contribution in [0.25, 0.3) is 0 Å². The maximum absolute atomic E-state index is 5.49. The number of hydrogen-bond acceptors (Lipinski definition) is 6. The Balaban J connectivity index is 1.47. The van der Waals surface area contributed by atoms with Crippen molar-refractivity contribution in [3.63, 3.8) is 0 Å². The van der Waals surface area contributed by atoms with E-state index in [9.17, 15) is 0 Å². The predicted molar refractivity (Wildman–Crippen MR) is 74.4 cm³/mol. The fraction of sp³-hybridized carbons (Fsp3) is 0.714. The lowest BCUT2D eigenvalue weighted by atomic mass is 10.2. The molecule has 2 aromatic rings. The van der Waals surface area contributed by atoms with Crippen molar-refractivity contribution in [1.29, 1.82) is 0 Å². The van der Waals surface area contributed by atoms with Crippen LogP contribution in [0.4, 0.5) is 0 Å². The van der Waals surface area contributed by atoms with Gasteiger partial charge in [-0.05, 0) is 39.2 Å². The summed E-state index contributed by atoms with van der Waals surface area (Å²) in [6, 6.07) is 0.624. The van der Waals surface area contributed by atoms with E-state index in [0.717, 1.165) is 24.8 Å². The molecular weight excluding hydrogens is 268 g/mol. The van der Waals surface area contributed by atoms with E-state index in [1.165, 1.54) is 25.7 Å². The summed E-state index contributed by atoms with van der Waals surface area (Å²) >= 11 is 0. The van der Waals surface area contributed by atoms with Gasteiger partial charge in [0.15, 0.2) is 5.82 Å². The van der Waals surface area contributed by atoms with Gasteiger partial charge >= 0.3 is 0 Å². The standard InChI is InChI=1S/C14H20N6O/c1-10(14-17-13(18-21-14)11-4-5-11)20-6-2-3-12(20)7-19-9-15-8-16-19/h8-12H,2-7H2,1H3/t10-,12-/m1/s1. The summed E-state index contributed by atoms with van der Waals surface area (Å²) in [7, 11) is 0. The molecule has 112 valence electrons. The summed E-state index contributed by atoms with van der Waals surface area (Å²) < 4.78 is 7.39. The maximum atomic E-state index is 5.49. The van der Waals surface area contributed by atoms with E-state index >= 15 is 0 Å². The molecule has 1 aliphatic carbocycles. The van der Waals surface area contributed by atoms with Gasteiger partial charge in [-0.1, -0.05) is 5.16 Å². The molecule has 7 nitrogen and oxygen atoms in total. The molecule has 0 spiro atoms. The summed E-state index contributed by atoms with van der Waals surface area (Å²) in [6.07, 6.45) is 8.14. The lowest BCUT2D eigenvalue weighted by Gasteiger charge is -2.28. The number of nitrogens with zero attached hydrogens (tertiary/aromatic N) is 6. The summed E-state index contributed by atoms with van der Waals surface area (Å²) in [5.74, 6) is 2.19. The molecule has 2 atom stereocenters. The van der Waals surface area contributed by atoms with Crippen molar-refractivity contribution in [2.24, 2.45) is 0 Å². The van der Waals surface area contributed by atoms with E-state index in [2.05, 4.69) is 32.0 Å². The first-order chi connectivity index (χ1) is 10.3. The van der Waals surface area contributed by atoms with Crippen LogP contribution in [-0.2, 0) is 6.54 Å². The van der Waals surface area contributed by atoms with E-state index in [0.29, 0.717) is 12.0 Å². The summed E-state index contributed by atoms with van der Waals surface area (Å²) in [4.78, 5) is 11.1. The SMILES string of the molecule is C[C@H](c1nc(C2CC2)no1)N1CCC[C@@H]1Cn1cncn1. The average molecular weight is 288 g/mol. The van der Waals surface area contributed by atoms with Gasteiger partial charge in [0.25, 0.3) is 0 Å². The molecule has 1 saturated carbocycles. The van der Waals surface area contributed by atoms with Crippen molar-refractivity contribution in [3.8, 4) is 0 Å². The second kappa shape index (κ2) is 5.22. The third-order valence-electron chi connectivity index (χ3n) is 4.54. The Morgan fingerprint density at radius 3 is 3.05 bits per heavy atom. The Morgan fingerprint density at radius 1 is 1.38 bits per heavy atom. The summed E-state index contributed by atoms with van der Waals surface area (Å²) in [6.45, 7) is 4.10. The van der Waals surface area contributed by atoms with Crippen molar-refractivity contribution in [2.45, 2.75) is 57.2 Å². The van der Waals surface area contributed by atoms with Crippen LogP contribution >= 0.6 is 0 Å². The molecule has 4 rings (SSSR count). The zero-order chi connectivity index (χ0) is 14.2. The molecule has 7 heteroatoms. The highest BCUT2D eigenvalue weighted by Gasteiger charge is 2.34. The third kappa shape index (κ3) is 2.57. The highest BCUT2D eigenvalue weighted by molar-refractivity contribution is 5.05. The van der Waals surface area contributed by atoms with E-state index in [1.807, 2.05) is 4.68 Å². The van der Waals surface area contributed by atoms with Gasteiger partial charge in [0, 0.05) is 12.0 Å². The van der Waals surface area contributed by atoms with Crippen molar-refractivity contribution in [3.05, 3.63) is 24.4 Å². The van der Waals surface area contributed by atoms with Crippen LogP contribution in [0.3, 0.4) is 0 Å². The average Bonchev–Trinajstić information content (AvgIpc) is 2.96.